The Morgan fingerprint density at radius 3 is 2.28 bits per heavy atom. The molecule has 0 atom stereocenters. The van der Waals surface area contributed by atoms with Gasteiger partial charge in [-0.1, -0.05) is 62.7 Å². The second kappa shape index (κ2) is 9.44. The fraction of sp³-hybridized carbons (Fsp3) is 0.435. The molecule has 0 aliphatic heterocycles. The van der Waals surface area contributed by atoms with Crippen molar-refractivity contribution in [2.45, 2.75) is 46.0 Å². The first-order valence-electron chi connectivity index (χ1n) is 9.87. The molecular formula is C23H32N2O3S. The third kappa shape index (κ3) is 7.20. The number of rotatable bonds is 8. The summed E-state index contributed by atoms with van der Waals surface area (Å²) in [6.45, 7) is 8.63. The van der Waals surface area contributed by atoms with Crippen LogP contribution in [0.4, 0.5) is 5.69 Å². The van der Waals surface area contributed by atoms with Gasteiger partial charge in [-0.2, -0.15) is 0 Å². The predicted octanol–water partition coefficient (Wildman–Crippen LogP) is 3.81. The van der Waals surface area contributed by atoms with Crippen molar-refractivity contribution in [3.8, 4) is 0 Å². The SMILES string of the molecule is Cc1cccc(CCCNC(=O)CN(c2ccc(C(C)(C)C)cc2)S(C)(=O)=O)c1. The van der Waals surface area contributed by atoms with Crippen LogP contribution in [0.1, 0.15) is 43.9 Å². The van der Waals surface area contributed by atoms with Gasteiger partial charge in [0, 0.05) is 6.54 Å². The van der Waals surface area contributed by atoms with Crippen molar-refractivity contribution in [3.05, 3.63) is 65.2 Å². The predicted molar refractivity (Wildman–Crippen MR) is 120 cm³/mol. The number of carbonyl (C=O) groups excluding carboxylic acids is 1. The molecule has 0 heterocycles. The smallest absolute Gasteiger partial charge is 0.240 e. The van der Waals surface area contributed by atoms with Crippen LogP contribution < -0.4 is 9.62 Å². The topological polar surface area (TPSA) is 66.5 Å². The summed E-state index contributed by atoms with van der Waals surface area (Å²) in [6.07, 6.45) is 2.79. The molecule has 0 aliphatic carbocycles. The summed E-state index contributed by atoms with van der Waals surface area (Å²) in [7, 11) is -3.57. The Kier molecular flexibility index (Phi) is 7.47. The molecule has 0 fully saturated rings. The first-order chi connectivity index (χ1) is 13.5. The third-order valence-electron chi connectivity index (χ3n) is 4.76. The summed E-state index contributed by atoms with van der Waals surface area (Å²) in [5, 5.41) is 2.83. The molecule has 0 unspecified atom stereocenters. The lowest BCUT2D eigenvalue weighted by Gasteiger charge is -2.24. The van der Waals surface area contributed by atoms with Crippen LogP contribution in [-0.2, 0) is 26.7 Å². The second-order valence-electron chi connectivity index (χ2n) is 8.51. The van der Waals surface area contributed by atoms with Crippen molar-refractivity contribution in [1.29, 1.82) is 0 Å². The zero-order chi connectivity index (χ0) is 21.7. The number of hydrogen-bond donors (Lipinski definition) is 1. The lowest BCUT2D eigenvalue weighted by molar-refractivity contribution is -0.119. The summed E-state index contributed by atoms with van der Waals surface area (Å²) in [4.78, 5) is 12.3. The van der Waals surface area contributed by atoms with E-state index in [2.05, 4.69) is 51.2 Å². The maximum Gasteiger partial charge on any atom is 0.240 e. The zero-order valence-corrected chi connectivity index (χ0v) is 18.8. The van der Waals surface area contributed by atoms with Crippen molar-refractivity contribution in [2.75, 3.05) is 23.7 Å². The minimum absolute atomic E-state index is 0.0247. The Labute approximate surface area is 175 Å². The Bertz CT molecular complexity index is 929. The van der Waals surface area contributed by atoms with Gasteiger partial charge in [-0.05, 0) is 48.4 Å². The van der Waals surface area contributed by atoms with E-state index in [0.717, 1.165) is 29.0 Å². The molecule has 2 rings (SSSR count). The van der Waals surface area contributed by atoms with Gasteiger partial charge in [0.05, 0.1) is 11.9 Å². The van der Waals surface area contributed by atoms with Crippen molar-refractivity contribution in [1.82, 2.24) is 5.32 Å². The molecule has 2 aromatic rings. The van der Waals surface area contributed by atoms with E-state index in [-0.39, 0.29) is 17.9 Å². The molecule has 5 nitrogen and oxygen atoms in total. The van der Waals surface area contributed by atoms with Gasteiger partial charge in [-0.3, -0.25) is 9.10 Å². The highest BCUT2D eigenvalue weighted by Crippen LogP contribution is 2.25. The molecule has 2 aromatic carbocycles. The number of nitrogens with one attached hydrogen (secondary N) is 1. The molecule has 0 aromatic heterocycles. The molecule has 1 N–H and O–H groups in total. The van der Waals surface area contributed by atoms with E-state index in [1.807, 2.05) is 18.2 Å². The molecule has 6 heteroatoms. The highest BCUT2D eigenvalue weighted by atomic mass is 32.2. The monoisotopic (exact) mass is 416 g/mol. The Morgan fingerprint density at radius 2 is 1.72 bits per heavy atom. The fourth-order valence-electron chi connectivity index (χ4n) is 3.10. The third-order valence-corrected chi connectivity index (χ3v) is 5.90. The van der Waals surface area contributed by atoms with Crippen LogP contribution >= 0.6 is 0 Å². The van der Waals surface area contributed by atoms with Crippen LogP contribution in [0.25, 0.3) is 0 Å². The van der Waals surface area contributed by atoms with E-state index >= 15 is 0 Å². The van der Waals surface area contributed by atoms with Crippen molar-refractivity contribution >= 4 is 21.6 Å². The Morgan fingerprint density at radius 1 is 1.07 bits per heavy atom. The van der Waals surface area contributed by atoms with Crippen LogP contribution in [0.3, 0.4) is 0 Å². The Hall–Kier alpha value is -2.34. The van der Waals surface area contributed by atoms with Gasteiger partial charge >= 0.3 is 0 Å². The van der Waals surface area contributed by atoms with Gasteiger partial charge in [0.1, 0.15) is 6.54 Å². The van der Waals surface area contributed by atoms with Crippen molar-refractivity contribution < 1.29 is 13.2 Å². The number of anilines is 1. The molecule has 0 radical (unpaired) electrons. The number of hydrogen-bond acceptors (Lipinski definition) is 3. The zero-order valence-electron chi connectivity index (χ0n) is 18.0. The summed E-state index contributed by atoms with van der Waals surface area (Å²) in [6, 6.07) is 15.6. The molecule has 0 saturated carbocycles. The van der Waals surface area contributed by atoms with Gasteiger partial charge in [-0.25, -0.2) is 8.42 Å². The Balaban J connectivity index is 1.95. The van der Waals surface area contributed by atoms with Gasteiger partial charge in [0.2, 0.25) is 15.9 Å². The first kappa shape index (κ1) is 22.9. The largest absolute Gasteiger partial charge is 0.355 e. The van der Waals surface area contributed by atoms with Gasteiger partial charge < -0.3 is 5.32 Å². The number of amides is 1. The average Bonchev–Trinajstić information content (AvgIpc) is 2.62. The van der Waals surface area contributed by atoms with E-state index < -0.39 is 10.0 Å². The van der Waals surface area contributed by atoms with E-state index in [4.69, 9.17) is 0 Å². The van der Waals surface area contributed by atoms with E-state index in [1.165, 1.54) is 11.1 Å². The molecule has 0 saturated heterocycles. The molecule has 0 spiro atoms. The summed E-state index contributed by atoms with van der Waals surface area (Å²) in [5.74, 6) is -0.306. The van der Waals surface area contributed by atoms with Crippen LogP contribution in [-0.4, -0.2) is 33.7 Å². The van der Waals surface area contributed by atoms with Crippen LogP contribution in [0, 0.1) is 6.92 Å². The number of sulfonamides is 1. The van der Waals surface area contributed by atoms with E-state index in [0.29, 0.717) is 12.2 Å². The van der Waals surface area contributed by atoms with Gasteiger partial charge in [0.15, 0.2) is 0 Å². The molecule has 0 aliphatic rings. The van der Waals surface area contributed by atoms with Crippen LogP contribution in [0.5, 0.6) is 0 Å². The maximum absolute atomic E-state index is 12.3. The van der Waals surface area contributed by atoms with Gasteiger partial charge in [0.25, 0.3) is 0 Å². The molecule has 1 amide bonds. The average molecular weight is 417 g/mol. The minimum Gasteiger partial charge on any atom is -0.355 e. The summed E-state index contributed by atoms with van der Waals surface area (Å²) in [5.41, 5.74) is 4.03. The lowest BCUT2D eigenvalue weighted by Crippen LogP contribution is -2.40. The number of benzene rings is 2. The number of aryl methyl sites for hydroxylation is 2. The maximum atomic E-state index is 12.3. The highest BCUT2D eigenvalue weighted by molar-refractivity contribution is 7.92. The van der Waals surface area contributed by atoms with Gasteiger partial charge in [-0.15, -0.1) is 0 Å². The lowest BCUT2D eigenvalue weighted by atomic mass is 9.87. The summed E-state index contributed by atoms with van der Waals surface area (Å²) >= 11 is 0. The highest BCUT2D eigenvalue weighted by Gasteiger charge is 2.21. The van der Waals surface area contributed by atoms with E-state index in [1.54, 1.807) is 12.1 Å². The molecule has 29 heavy (non-hydrogen) atoms. The molecular weight excluding hydrogens is 384 g/mol. The summed E-state index contributed by atoms with van der Waals surface area (Å²) < 4.78 is 25.6. The standard InChI is InChI=1S/C23H32N2O3S/c1-18-8-6-9-19(16-18)10-7-15-24-22(26)17-25(29(5,27)28)21-13-11-20(12-14-21)23(2,3)4/h6,8-9,11-14,16H,7,10,15,17H2,1-5H3,(H,24,26). The van der Waals surface area contributed by atoms with Crippen molar-refractivity contribution in [3.63, 3.8) is 0 Å². The molecule has 158 valence electrons. The number of carbonyl (C=O) groups is 1. The quantitative estimate of drug-likeness (QED) is 0.666. The molecule has 0 bridgehead atoms. The van der Waals surface area contributed by atoms with E-state index in [9.17, 15) is 13.2 Å². The second-order valence-corrected chi connectivity index (χ2v) is 10.4. The normalized spacial score (nSPS) is 11.9. The number of nitrogens with zero attached hydrogens (tertiary/aromatic N) is 1. The van der Waals surface area contributed by atoms with Crippen LogP contribution in [0.15, 0.2) is 48.5 Å². The fourth-order valence-corrected chi connectivity index (χ4v) is 3.96. The minimum atomic E-state index is -3.57. The van der Waals surface area contributed by atoms with Crippen molar-refractivity contribution in [2.24, 2.45) is 0 Å². The van der Waals surface area contributed by atoms with Crippen LogP contribution in [0.2, 0.25) is 0 Å². The first-order valence-corrected chi connectivity index (χ1v) is 11.7.